The monoisotopic (exact) mass is 302 g/mol. The molecule has 1 aromatic carbocycles. The van der Waals surface area contributed by atoms with E-state index in [1.165, 1.54) is 4.68 Å². The number of hydrogen-bond donors (Lipinski definition) is 1. The summed E-state index contributed by atoms with van der Waals surface area (Å²) in [6.07, 6.45) is 1.79. The van der Waals surface area contributed by atoms with Gasteiger partial charge in [-0.25, -0.2) is 9.48 Å². The van der Waals surface area contributed by atoms with Crippen molar-refractivity contribution < 1.29 is 14.3 Å². The fourth-order valence-corrected chi connectivity index (χ4v) is 1.96. The van der Waals surface area contributed by atoms with Crippen molar-refractivity contribution in [3.63, 3.8) is 0 Å². The van der Waals surface area contributed by atoms with E-state index < -0.39 is 5.91 Å². The average Bonchev–Trinajstić information content (AvgIpc) is 2.89. The Labute approximate surface area is 128 Å². The second kappa shape index (κ2) is 6.84. The molecule has 1 aromatic heterocycles. The third-order valence-electron chi connectivity index (χ3n) is 3.19. The highest BCUT2D eigenvalue weighted by molar-refractivity contribution is 5.92. The van der Waals surface area contributed by atoms with E-state index in [1.807, 2.05) is 6.92 Å². The Bertz CT molecular complexity index is 694. The summed E-state index contributed by atoms with van der Waals surface area (Å²) in [7, 11) is 0. The molecule has 0 atom stereocenters. The molecule has 22 heavy (non-hydrogen) atoms. The number of hydrogen-bond acceptors (Lipinski definition) is 5. The fourth-order valence-electron chi connectivity index (χ4n) is 1.96. The molecule has 2 N–H and O–H groups in total. The lowest BCUT2D eigenvalue weighted by atomic mass is 10.2. The van der Waals surface area contributed by atoms with Gasteiger partial charge < -0.3 is 10.5 Å². The minimum atomic E-state index is -0.640. The van der Waals surface area contributed by atoms with Crippen LogP contribution in [-0.4, -0.2) is 33.5 Å². The van der Waals surface area contributed by atoms with Crippen LogP contribution >= 0.6 is 0 Å². The van der Waals surface area contributed by atoms with Crippen LogP contribution in [0.2, 0.25) is 0 Å². The molecule has 0 saturated carbocycles. The van der Waals surface area contributed by atoms with Gasteiger partial charge in [0.15, 0.2) is 5.69 Å². The van der Waals surface area contributed by atoms with Gasteiger partial charge in [0.1, 0.15) is 0 Å². The summed E-state index contributed by atoms with van der Waals surface area (Å²) in [5, 5.41) is 7.65. The van der Waals surface area contributed by atoms with Gasteiger partial charge in [0.25, 0.3) is 5.91 Å². The number of nitrogens with zero attached hydrogens (tertiary/aromatic N) is 3. The first kappa shape index (κ1) is 15.7. The molecular formula is C15H18N4O3. The van der Waals surface area contributed by atoms with Crippen LogP contribution < -0.4 is 5.73 Å². The van der Waals surface area contributed by atoms with Gasteiger partial charge in [0, 0.05) is 0 Å². The lowest BCUT2D eigenvalue weighted by Crippen LogP contribution is -2.13. The van der Waals surface area contributed by atoms with Crippen molar-refractivity contribution in [2.45, 2.75) is 26.7 Å². The summed E-state index contributed by atoms with van der Waals surface area (Å²) >= 11 is 0. The Hall–Kier alpha value is -2.70. The minimum absolute atomic E-state index is 0.107. The Kier molecular flexibility index (Phi) is 4.88. The number of amides is 1. The van der Waals surface area contributed by atoms with Gasteiger partial charge in [-0.1, -0.05) is 24.6 Å². The summed E-state index contributed by atoms with van der Waals surface area (Å²) in [6, 6.07) is 6.78. The minimum Gasteiger partial charge on any atom is -0.462 e. The zero-order valence-corrected chi connectivity index (χ0v) is 12.6. The van der Waals surface area contributed by atoms with E-state index in [-0.39, 0.29) is 11.7 Å². The van der Waals surface area contributed by atoms with Gasteiger partial charge in [-0.3, -0.25) is 4.79 Å². The summed E-state index contributed by atoms with van der Waals surface area (Å²) in [6.45, 7) is 4.11. The number of nitrogens with two attached hydrogens (primary N) is 1. The molecule has 116 valence electrons. The number of carbonyl (C=O) groups excluding carboxylic acids is 2. The number of unbranched alkanes of at least 4 members (excludes halogenated alkanes) is 1. The number of rotatable bonds is 6. The van der Waals surface area contributed by atoms with E-state index in [0.29, 0.717) is 23.6 Å². The van der Waals surface area contributed by atoms with E-state index >= 15 is 0 Å². The number of carbonyl (C=O) groups is 2. The molecule has 7 heteroatoms. The number of aromatic nitrogens is 3. The molecule has 0 fully saturated rings. The molecule has 0 aliphatic heterocycles. The Morgan fingerprint density at radius 2 is 2.14 bits per heavy atom. The van der Waals surface area contributed by atoms with Crippen LogP contribution in [0.15, 0.2) is 24.3 Å². The van der Waals surface area contributed by atoms with Crippen LogP contribution in [0.5, 0.6) is 0 Å². The highest BCUT2D eigenvalue weighted by atomic mass is 16.5. The van der Waals surface area contributed by atoms with E-state index in [4.69, 9.17) is 10.5 Å². The van der Waals surface area contributed by atoms with Crippen LogP contribution in [-0.2, 0) is 4.74 Å². The first-order valence-electron chi connectivity index (χ1n) is 7.04. The quantitative estimate of drug-likeness (QED) is 0.645. The van der Waals surface area contributed by atoms with E-state index in [9.17, 15) is 9.59 Å². The summed E-state index contributed by atoms with van der Waals surface area (Å²) in [5.41, 5.74) is 6.88. The van der Waals surface area contributed by atoms with E-state index in [2.05, 4.69) is 10.3 Å². The first-order valence-corrected chi connectivity index (χ1v) is 7.04. The van der Waals surface area contributed by atoms with Crippen LogP contribution in [0.3, 0.4) is 0 Å². The lowest BCUT2D eigenvalue weighted by Gasteiger charge is -2.07. The Morgan fingerprint density at radius 3 is 2.77 bits per heavy atom. The van der Waals surface area contributed by atoms with Crippen molar-refractivity contribution in [3.8, 4) is 5.69 Å². The molecule has 2 aromatic rings. The molecule has 0 spiro atoms. The van der Waals surface area contributed by atoms with Gasteiger partial charge in [0.2, 0.25) is 0 Å². The highest BCUT2D eigenvalue weighted by Crippen LogP contribution is 2.14. The second-order valence-corrected chi connectivity index (χ2v) is 4.84. The summed E-state index contributed by atoms with van der Waals surface area (Å²) in [4.78, 5) is 23.2. The maximum absolute atomic E-state index is 12.0. The van der Waals surface area contributed by atoms with Crippen molar-refractivity contribution in [1.82, 2.24) is 15.0 Å². The Morgan fingerprint density at radius 1 is 1.36 bits per heavy atom. The zero-order chi connectivity index (χ0) is 16.1. The molecular weight excluding hydrogens is 284 g/mol. The smallest absolute Gasteiger partial charge is 0.338 e. The standard InChI is InChI=1S/C15H18N4O3/c1-3-4-8-22-15(21)11-6-5-7-12(9-11)19-10(2)13(14(16)20)17-18-19/h5-7,9H,3-4,8H2,1-2H3,(H2,16,20). The molecule has 7 nitrogen and oxygen atoms in total. The molecule has 0 bridgehead atoms. The first-order chi connectivity index (χ1) is 10.5. The number of ether oxygens (including phenoxy) is 1. The van der Waals surface area contributed by atoms with Crippen LogP contribution in [0, 0.1) is 6.92 Å². The van der Waals surface area contributed by atoms with Crippen molar-refractivity contribution in [1.29, 1.82) is 0 Å². The van der Waals surface area contributed by atoms with E-state index in [0.717, 1.165) is 12.8 Å². The number of esters is 1. The fraction of sp³-hybridized carbons (Fsp3) is 0.333. The van der Waals surface area contributed by atoms with Gasteiger partial charge in [-0.15, -0.1) is 5.10 Å². The molecule has 0 unspecified atom stereocenters. The lowest BCUT2D eigenvalue weighted by molar-refractivity contribution is 0.0499. The summed E-state index contributed by atoms with van der Waals surface area (Å²) in [5.74, 6) is -1.03. The highest BCUT2D eigenvalue weighted by Gasteiger charge is 2.15. The van der Waals surface area contributed by atoms with Crippen molar-refractivity contribution in [2.24, 2.45) is 5.73 Å². The van der Waals surface area contributed by atoms with Crippen molar-refractivity contribution >= 4 is 11.9 Å². The predicted octanol–water partition coefficient (Wildman–Crippen LogP) is 1.63. The predicted molar refractivity (Wildman–Crippen MR) is 79.8 cm³/mol. The van der Waals surface area contributed by atoms with Gasteiger partial charge >= 0.3 is 5.97 Å². The maximum atomic E-state index is 12.0. The third-order valence-corrected chi connectivity index (χ3v) is 3.19. The van der Waals surface area contributed by atoms with Crippen molar-refractivity contribution in [2.75, 3.05) is 6.61 Å². The van der Waals surface area contributed by atoms with Crippen LogP contribution in [0.25, 0.3) is 5.69 Å². The number of primary amides is 1. The average molecular weight is 302 g/mol. The summed E-state index contributed by atoms with van der Waals surface area (Å²) < 4.78 is 6.64. The van der Waals surface area contributed by atoms with Gasteiger partial charge in [-0.2, -0.15) is 0 Å². The molecule has 0 radical (unpaired) electrons. The Balaban J connectivity index is 2.25. The van der Waals surface area contributed by atoms with Crippen LogP contribution in [0.4, 0.5) is 0 Å². The molecule has 1 amide bonds. The molecule has 0 aliphatic rings. The topological polar surface area (TPSA) is 100 Å². The molecule has 2 rings (SSSR count). The second-order valence-electron chi connectivity index (χ2n) is 4.84. The molecule has 1 heterocycles. The maximum Gasteiger partial charge on any atom is 0.338 e. The molecule has 0 aliphatic carbocycles. The van der Waals surface area contributed by atoms with Gasteiger partial charge in [0.05, 0.1) is 23.6 Å². The number of benzene rings is 1. The third kappa shape index (κ3) is 3.30. The van der Waals surface area contributed by atoms with Gasteiger partial charge in [-0.05, 0) is 31.5 Å². The SMILES string of the molecule is CCCCOC(=O)c1cccc(-n2nnc(C(N)=O)c2C)c1. The normalized spacial score (nSPS) is 10.5. The van der Waals surface area contributed by atoms with E-state index in [1.54, 1.807) is 31.2 Å². The van der Waals surface area contributed by atoms with Crippen molar-refractivity contribution in [3.05, 3.63) is 41.2 Å². The zero-order valence-electron chi connectivity index (χ0n) is 12.6. The molecule has 0 saturated heterocycles. The van der Waals surface area contributed by atoms with Crippen LogP contribution in [0.1, 0.15) is 46.3 Å². The largest absolute Gasteiger partial charge is 0.462 e.